The summed E-state index contributed by atoms with van der Waals surface area (Å²) in [5.74, 6) is 1.01. The Kier molecular flexibility index (Phi) is 4.83. The van der Waals surface area contributed by atoms with Gasteiger partial charge in [-0.3, -0.25) is 4.79 Å². The Bertz CT molecular complexity index is 548. The van der Waals surface area contributed by atoms with Crippen LogP contribution in [0.25, 0.3) is 0 Å². The van der Waals surface area contributed by atoms with Gasteiger partial charge in [0.15, 0.2) is 11.3 Å². The molecule has 22 heavy (non-hydrogen) atoms. The standard InChI is InChI=1S/C15H22N4O2S/c1-11-9-13(17-15(16-11)22-2)19-7-8-21-12(10-19)14(20)18-5-3-4-6-18/h9,12H,3-8,10H2,1-2H3. The fraction of sp³-hybridized carbons (Fsp3) is 0.667. The smallest absolute Gasteiger partial charge is 0.253 e. The lowest BCUT2D eigenvalue weighted by Crippen LogP contribution is -2.50. The summed E-state index contributed by atoms with van der Waals surface area (Å²) in [5, 5.41) is 0.768. The zero-order valence-electron chi connectivity index (χ0n) is 13.1. The Balaban J connectivity index is 1.72. The third-order valence-electron chi connectivity index (χ3n) is 4.09. The van der Waals surface area contributed by atoms with E-state index < -0.39 is 0 Å². The molecule has 3 heterocycles. The minimum absolute atomic E-state index is 0.123. The summed E-state index contributed by atoms with van der Waals surface area (Å²) in [6.45, 7) is 5.58. The van der Waals surface area contributed by atoms with E-state index in [1.54, 1.807) is 0 Å². The van der Waals surface area contributed by atoms with Crippen molar-refractivity contribution in [1.82, 2.24) is 14.9 Å². The number of likely N-dealkylation sites (tertiary alicyclic amines) is 1. The van der Waals surface area contributed by atoms with Crippen LogP contribution in [0.3, 0.4) is 0 Å². The summed E-state index contributed by atoms with van der Waals surface area (Å²) in [7, 11) is 0. The molecule has 2 aliphatic rings. The molecule has 1 atom stereocenters. The van der Waals surface area contributed by atoms with Gasteiger partial charge < -0.3 is 14.5 Å². The van der Waals surface area contributed by atoms with Crippen LogP contribution in [0.5, 0.6) is 0 Å². The number of aromatic nitrogens is 2. The number of carbonyl (C=O) groups is 1. The fourth-order valence-corrected chi connectivity index (χ4v) is 3.35. The first-order chi connectivity index (χ1) is 10.7. The minimum Gasteiger partial charge on any atom is -0.365 e. The highest BCUT2D eigenvalue weighted by molar-refractivity contribution is 7.98. The Morgan fingerprint density at radius 2 is 2.09 bits per heavy atom. The largest absolute Gasteiger partial charge is 0.365 e. The first kappa shape index (κ1) is 15.6. The molecule has 120 valence electrons. The van der Waals surface area contributed by atoms with E-state index in [9.17, 15) is 4.79 Å². The molecule has 0 saturated carbocycles. The molecule has 1 amide bonds. The highest BCUT2D eigenvalue weighted by Crippen LogP contribution is 2.21. The van der Waals surface area contributed by atoms with Gasteiger partial charge >= 0.3 is 0 Å². The van der Waals surface area contributed by atoms with Crippen molar-refractivity contribution in [1.29, 1.82) is 0 Å². The number of morpholine rings is 1. The van der Waals surface area contributed by atoms with Crippen molar-refractivity contribution in [3.8, 4) is 0 Å². The predicted molar refractivity (Wildman–Crippen MR) is 86.3 cm³/mol. The molecular weight excluding hydrogens is 300 g/mol. The number of anilines is 1. The van der Waals surface area contributed by atoms with Gasteiger partial charge in [-0.1, -0.05) is 11.8 Å². The van der Waals surface area contributed by atoms with Gasteiger partial charge in [0.2, 0.25) is 0 Å². The number of aryl methyl sites for hydroxylation is 1. The predicted octanol–water partition coefficient (Wildman–Crippen LogP) is 1.33. The second kappa shape index (κ2) is 6.83. The summed E-state index contributed by atoms with van der Waals surface area (Å²) in [6, 6.07) is 1.97. The number of thioether (sulfide) groups is 1. The molecule has 0 aliphatic carbocycles. The molecule has 2 saturated heterocycles. The Labute approximate surface area is 135 Å². The van der Waals surface area contributed by atoms with E-state index in [1.807, 2.05) is 24.1 Å². The van der Waals surface area contributed by atoms with Crippen LogP contribution in [-0.4, -0.2) is 65.9 Å². The lowest BCUT2D eigenvalue weighted by atomic mass is 10.2. The normalized spacial score (nSPS) is 22.2. The molecule has 7 heteroatoms. The topological polar surface area (TPSA) is 58.6 Å². The van der Waals surface area contributed by atoms with Gasteiger partial charge in [-0.05, 0) is 26.0 Å². The van der Waals surface area contributed by atoms with Crippen LogP contribution in [0.4, 0.5) is 5.82 Å². The lowest BCUT2D eigenvalue weighted by molar-refractivity contribution is -0.143. The monoisotopic (exact) mass is 322 g/mol. The third-order valence-corrected chi connectivity index (χ3v) is 4.63. The zero-order chi connectivity index (χ0) is 15.5. The van der Waals surface area contributed by atoms with Crippen LogP contribution in [-0.2, 0) is 9.53 Å². The van der Waals surface area contributed by atoms with Gasteiger partial charge in [-0.25, -0.2) is 9.97 Å². The zero-order valence-corrected chi connectivity index (χ0v) is 13.9. The molecule has 0 N–H and O–H groups in total. The number of nitrogens with zero attached hydrogens (tertiary/aromatic N) is 4. The molecule has 1 aromatic rings. The number of carbonyl (C=O) groups excluding carboxylic acids is 1. The first-order valence-corrected chi connectivity index (χ1v) is 8.95. The quantitative estimate of drug-likeness (QED) is 0.618. The maximum Gasteiger partial charge on any atom is 0.253 e. The fourth-order valence-electron chi connectivity index (χ4n) is 2.93. The minimum atomic E-state index is -0.375. The molecule has 0 aromatic carbocycles. The van der Waals surface area contributed by atoms with E-state index in [0.29, 0.717) is 13.2 Å². The van der Waals surface area contributed by atoms with Gasteiger partial charge in [-0.2, -0.15) is 0 Å². The van der Waals surface area contributed by atoms with Crippen LogP contribution >= 0.6 is 11.8 Å². The van der Waals surface area contributed by atoms with Crippen LogP contribution in [0.2, 0.25) is 0 Å². The molecule has 2 aliphatic heterocycles. The second-order valence-electron chi connectivity index (χ2n) is 5.69. The Morgan fingerprint density at radius 3 is 2.82 bits per heavy atom. The summed E-state index contributed by atoms with van der Waals surface area (Å²) in [4.78, 5) is 25.5. The van der Waals surface area contributed by atoms with Crippen molar-refractivity contribution in [3.63, 3.8) is 0 Å². The summed E-state index contributed by atoms with van der Waals surface area (Å²) >= 11 is 1.53. The van der Waals surface area contributed by atoms with Crippen LogP contribution in [0, 0.1) is 6.92 Å². The van der Waals surface area contributed by atoms with Gasteiger partial charge in [0.1, 0.15) is 5.82 Å². The Morgan fingerprint density at radius 1 is 1.32 bits per heavy atom. The Hall–Kier alpha value is -1.34. The average molecular weight is 322 g/mol. The van der Waals surface area contributed by atoms with Gasteiger partial charge in [0, 0.05) is 31.4 Å². The van der Waals surface area contributed by atoms with E-state index in [1.165, 1.54) is 11.8 Å². The van der Waals surface area contributed by atoms with Crippen LogP contribution in [0.15, 0.2) is 11.2 Å². The molecule has 6 nitrogen and oxygen atoms in total. The molecule has 3 rings (SSSR count). The van der Waals surface area contributed by atoms with Gasteiger partial charge in [0.25, 0.3) is 5.91 Å². The summed E-state index contributed by atoms with van der Waals surface area (Å²) < 4.78 is 5.71. The molecule has 0 bridgehead atoms. The maximum absolute atomic E-state index is 12.5. The second-order valence-corrected chi connectivity index (χ2v) is 6.47. The van der Waals surface area contributed by atoms with Crippen molar-refractivity contribution in [2.24, 2.45) is 0 Å². The molecule has 2 fully saturated rings. The number of hydrogen-bond donors (Lipinski definition) is 0. The highest BCUT2D eigenvalue weighted by atomic mass is 32.2. The van der Waals surface area contributed by atoms with E-state index in [-0.39, 0.29) is 12.0 Å². The molecule has 0 spiro atoms. The van der Waals surface area contributed by atoms with Crippen molar-refractivity contribution in [2.45, 2.75) is 31.0 Å². The van der Waals surface area contributed by atoms with Crippen molar-refractivity contribution >= 4 is 23.5 Å². The van der Waals surface area contributed by atoms with Crippen LogP contribution < -0.4 is 4.90 Å². The van der Waals surface area contributed by atoms with Gasteiger partial charge in [-0.15, -0.1) is 0 Å². The maximum atomic E-state index is 12.5. The van der Waals surface area contributed by atoms with E-state index in [4.69, 9.17) is 4.74 Å². The van der Waals surface area contributed by atoms with Crippen molar-refractivity contribution in [2.75, 3.05) is 43.9 Å². The molecular formula is C15H22N4O2S. The van der Waals surface area contributed by atoms with E-state index in [2.05, 4.69) is 14.9 Å². The average Bonchev–Trinajstić information content (AvgIpc) is 3.08. The summed E-state index contributed by atoms with van der Waals surface area (Å²) in [5.41, 5.74) is 0.947. The van der Waals surface area contributed by atoms with Gasteiger partial charge in [0.05, 0.1) is 13.2 Å². The lowest BCUT2D eigenvalue weighted by Gasteiger charge is -2.34. The molecule has 1 aromatic heterocycles. The number of hydrogen-bond acceptors (Lipinski definition) is 6. The SMILES string of the molecule is CSc1nc(C)cc(N2CCOC(C(=O)N3CCCC3)C2)n1. The van der Waals surface area contributed by atoms with Crippen molar-refractivity contribution in [3.05, 3.63) is 11.8 Å². The number of amides is 1. The van der Waals surface area contributed by atoms with Crippen molar-refractivity contribution < 1.29 is 9.53 Å². The summed E-state index contributed by atoms with van der Waals surface area (Å²) in [6.07, 6.45) is 3.80. The molecule has 1 unspecified atom stereocenters. The van der Waals surface area contributed by atoms with Crippen LogP contribution in [0.1, 0.15) is 18.5 Å². The third kappa shape index (κ3) is 3.35. The van der Waals surface area contributed by atoms with E-state index in [0.717, 1.165) is 49.1 Å². The van der Waals surface area contributed by atoms with E-state index >= 15 is 0 Å². The number of ether oxygens (including phenoxy) is 1. The molecule has 0 radical (unpaired) electrons. The first-order valence-electron chi connectivity index (χ1n) is 7.72. The highest BCUT2D eigenvalue weighted by Gasteiger charge is 2.32. The number of rotatable bonds is 3.